The molecule has 0 spiro atoms. The Morgan fingerprint density at radius 1 is 1.19 bits per heavy atom. The molecule has 3 rings (SSSR count). The van der Waals surface area contributed by atoms with Crippen molar-refractivity contribution in [1.29, 1.82) is 0 Å². The number of pyridine rings is 1. The Balaban J connectivity index is 1.83. The molecule has 1 aliphatic rings. The van der Waals surface area contributed by atoms with Crippen molar-refractivity contribution in [3.05, 3.63) is 56.7 Å². The van der Waals surface area contributed by atoms with E-state index in [0.29, 0.717) is 36.5 Å². The van der Waals surface area contributed by atoms with Crippen LogP contribution in [-0.4, -0.2) is 40.5 Å². The highest BCUT2D eigenvalue weighted by Crippen LogP contribution is 2.35. The molecule has 0 saturated heterocycles. The van der Waals surface area contributed by atoms with Crippen LogP contribution >= 0.6 is 23.2 Å². The molecular formula is C21H21Cl2N3O6. The number of carbonyl (C=O) groups is 2. The van der Waals surface area contributed by atoms with Gasteiger partial charge >= 0.3 is 17.6 Å². The molecule has 1 saturated carbocycles. The third kappa shape index (κ3) is 5.66. The van der Waals surface area contributed by atoms with Crippen molar-refractivity contribution >= 4 is 46.6 Å². The minimum Gasteiger partial charge on any atom is -0.490 e. The number of rotatable bonds is 6. The number of anilines is 1. The van der Waals surface area contributed by atoms with Crippen LogP contribution in [0.3, 0.4) is 0 Å². The third-order valence-corrected chi connectivity index (χ3v) is 5.46. The quantitative estimate of drug-likeness (QED) is 0.256. The minimum atomic E-state index is -1.10. The van der Waals surface area contributed by atoms with Crippen molar-refractivity contribution in [2.24, 2.45) is 0 Å². The summed E-state index contributed by atoms with van der Waals surface area (Å²) < 4.78 is 10.8. The van der Waals surface area contributed by atoms with Crippen LogP contribution < -0.4 is 9.64 Å². The Morgan fingerprint density at radius 3 is 2.53 bits per heavy atom. The van der Waals surface area contributed by atoms with Gasteiger partial charge in [-0.15, -0.1) is 0 Å². The van der Waals surface area contributed by atoms with Gasteiger partial charge in [0.2, 0.25) is 5.82 Å². The second kappa shape index (κ2) is 10.6. The van der Waals surface area contributed by atoms with E-state index < -0.39 is 28.5 Å². The maximum absolute atomic E-state index is 12.9. The van der Waals surface area contributed by atoms with E-state index >= 15 is 0 Å². The predicted octanol–water partition coefficient (Wildman–Crippen LogP) is 4.58. The number of carbonyl (C=O) groups excluding carboxylic acids is 2. The number of hydrogen-bond donors (Lipinski definition) is 0. The highest BCUT2D eigenvalue weighted by atomic mass is 35.5. The highest BCUT2D eigenvalue weighted by Gasteiger charge is 2.38. The van der Waals surface area contributed by atoms with E-state index in [4.69, 9.17) is 32.7 Å². The van der Waals surface area contributed by atoms with E-state index in [-0.39, 0.29) is 23.6 Å². The summed E-state index contributed by atoms with van der Waals surface area (Å²) in [6, 6.07) is 7.65. The summed E-state index contributed by atoms with van der Waals surface area (Å²) in [6.07, 6.45) is 3.08. The molecule has 1 amide bonds. The molecule has 2 aromatic rings. The molecule has 0 radical (unpaired) electrons. The summed E-state index contributed by atoms with van der Waals surface area (Å²) in [4.78, 5) is 41.1. The lowest BCUT2D eigenvalue weighted by molar-refractivity contribution is -0.384. The SMILES string of the molecule is CCOC(=O)C(=O)N(c1ncc(Cl)cc1[N+](=O)[O-])C1CCC(Oc2cccc(Cl)c2)CC1. The first-order chi connectivity index (χ1) is 15.3. The summed E-state index contributed by atoms with van der Waals surface area (Å²) in [5.74, 6) is -1.72. The van der Waals surface area contributed by atoms with E-state index in [9.17, 15) is 19.7 Å². The zero-order valence-corrected chi connectivity index (χ0v) is 18.7. The van der Waals surface area contributed by atoms with Gasteiger partial charge in [0.15, 0.2) is 0 Å². The van der Waals surface area contributed by atoms with Crippen molar-refractivity contribution in [3.8, 4) is 5.75 Å². The maximum Gasteiger partial charge on any atom is 0.397 e. The van der Waals surface area contributed by atoms with Gasteiger partial charge in [-0.25, -0.2) is 9.78 Å². The Kier molecular flexibility index (Phi) is 7.87. The number of nitro groups is 1. The number of nitrogens with zero attached hydrogens (tertiary/aromatic N) is 3. The summed E-state index contributed by atoms with van der Waals surface area (Å²) in [5, 5.41) is 12.2. The highest BCUT2D eigenvalue weighted by molar-refractivity contribution is 6.38. The number of hydrogen-bond acceptors (Lipinski definition) is 7. The first kappa shape index (κ1) is 23.7. The van der Waals surface area contributed by atoms with Gasteiger partial charge in [0.05, 0.1) is 22.7 Å². The van der Waals surface area contributed by atoms with Gasteiger partial charge in [0, 0.05) is 23.3 Å². The van der Waals surface area contributed by atoms with Crippen LogP contribution in [0, 0.1) is 10.1 Å². The Labute approximate surface area is 194 Å². The number of benzene rings is 1. The minimum absolute atomic E-state index is 0.00519. The molecule has 1 fully saturated rings. The molecule has 1 aliphatic carbocycles. The fourth-order valence-electron chi connectivity index (χ4n) is 3.62. The number of amides is 1. The lowest BCUT2D eigenvalue weighted by Gasteiger charge is -2.35. The Hall–Kier alpha value is -2.91. The Morgan fingerprint density at radius 2 is 1.91 bits per heavy atom. The normalized spacial score (nSPS) is 18.0. The summed E-state index contributed by atoms with van der Waals surface area (Å²) in [6.45, 7) is 1.56. The van der Waals surface area contributed by atoms with E-state index in [2.05, 4.69) is 4.98 Å². The van der Waals surface area contributed by atoms with Crippen LogP contribution in [0.1, 0.15) is 32.6 Å². The maximum atomic E-state index is 12.9. The molecule has 0 bridgehead atoms. The molecule has 32 heavy (non-hydrogen) atoms. The molecule has 0 unspecified atom stereocenters. The van der Waals surface area contributed by atoms with Crippen LogP contribution in [-0.2, 0) is 14.3 Å². The summed E-state index contributed by atoms with van der Waals surface area (Å²) in [7, 11) is 0. The smallest absolute Gasteiger partial charge is 0.397 e. The van der Waals surface area contributed by atoms with Crippen molar-refractivity contribution in [1.82, 2.24) is 4.98 Å². The number of esters is 1. The van der Waals surface area contributed by atoms with E-state index in [1.165, 1.54) is 6.20 Å². The number of ether oxygens (including phenoxy) is 2. The largest absolute Gasteiger partial charge is 0.490 e. The molecule has 1 aromatic carbocycles. The van der Waals surface area contributed by atoms with E-state index in [1.807, 2.05) is 0 Å². The van der Waals surface area contributed by atoms with Gasteiger partial charge in [0.25, 0.3) is 0 Å². The number of halogens is 2. The first-order valence-electron chi connectivity index (χ1n) is 10.0. The van der Waals surface area contributed by atoms with Crippen LogP contribution in [0.4, 0.5) is 11.5 Å². The fourth-order valence-corrected chi connectivity index (χ4v) is 3.95. The van der Waals surface area contributed by atoms with Crippen molar-refractivity contribution in [3.63, 3.8) is 0 Å². The molecule has 0 atom stereocenters. The second-order valence-corrected chi connectivity index (χ2v) is 8.03. The van der Waals surface area contributed by atoms with E-state index in [1.54, 1.807) is 31.2 Å². The monoisotopic (exact) mass is 481 g/mol. The third-order valence-electron chi connectivity index (χ3n) is 5.02. The van der Waals surface area contributed by atoms with Crippen LogP contribution in [0.25, 0.3) is 0 Å². The lowest BCUT2D eigenvalue weighted by Crippen LogP contribution is -2.48. The standard InChI is InChI=1S/C21H21Cl2N3O6/c1-2-31-21(28)20(27)25(19-18(26(29)30)11-14(23)12-24-19)15-6-8-16(9-7-15)32-17-5-3-4-13(22)10-17/h3-5,10-12,15-16H,2,6-9H2,1H3. The average molecular weight is 482 g/mol. The van der Waals surface area contributed by atoms with Gasteiger partial charge in [-0.3, -0.25) is 19.8 Å². The second-order valence-electron chi connectivity index (χ2n) is 7.15. The molecule has 170 valence electrons. The molecule has 0 aliphatic heterocycles. The fraction of sp³-hybridized carbons (Fsp3) is 0.381. The summed E-state index contributed by atoms with van der Waals surface area (Å²) in [5.41, 5.74) is -0.465. The van der Waals surface area contributed by atoms with Crippen LogP contribution in [0.2, 0.25) is 10.0 Å². The lowest BCUT2D eigenvalue weighted by atomic mass is 9.91. The molecule has 9 nitrogen and oxygen atoms in total. The van der Waals surface area contributed by atoms with Gasteiger partial charge in [-0.1, -0.05) is 29.3 Å². The molecule has 1 heterocycles. The first-order valence-corrected chi connectivity index (χ1v) is 10.8. The molecule has 1 aromatic heterocycles. The van der Waals surface area contributed by atoms with E-state index in [0.717, 1.165) is 11.0 Å². The van der Waals surface area contributed by atoms with Gasteiger partial charge < -0.3 is 9.47 Å². The Bertz CT molecular complexity index is 1010. The van der Waals surface area contributed by atoms with Crippen molar-refractivity contribution in [2.45, 2.75) is 44.8 Å². The molecule has 11 heteroatoms. The molecule has 0 N–H and O–H groups in total. The topological polar surface area (TPSA) is 112 Å². The van der Waals surface area contributed by atoms with Gasteiger partial charge in [-0.05, 0) is 50.8 Å². The summed E-state index contributed by atoms with van der Waals surface area (Å²) >= 11 is 11.9. The number of aromatic nitrogens is 1. The zero-order chi connectivity index (χ0) is 23.3. The zero-order valence-electron chi connectivity index (χ0n) is 17.2. The van der Waals surface area contributed by atoms with Crippen LogP contribution in [0.5, 0.6) is 5.75 Å². The average Bonchev–Trinajstić information content (AvgIpc) is 2.76. The van der Waals surface area contributed by atoms with Crippen LogP contribution in [0.15, 0.2) is 36.5 Å². The van der Waals surface area contributed by atoms with Gasteiger partial charge in [0.1, 0.15) is 5.75 Å². The molecular weight excluding hydrogens is 461 g/mol. The van der Waals surface area contributed by atoms with Crippen molar-refractivity contribution in [2.75, 3.05) is 11.5 Å². The predicted molar refractivity (Wildman–Crippen MR) is 118 cm³/mol. The van der Waals surface area contributed by atoms with Crippen molar-refractivity contribution < 1.29 is 24.0 Å². The van der Waals surface area contributed by atoms with Gasteiger partial charge in [-0.2, -0.15) is 0 Å².